The first-order valence-electron chi connectivity index (χ1n) is 6.41. The largest absolute Gasteiger partial charge is 0.623 e. The van der Waals surface area contributed by atoms with Crippen LogP contribution in [0, 0.1) is 19.1 Å². The minimum Gasteiger partial charge on any atom is -0.623 e. The SMILES string of the molecule is Cc1[nH]c2ccc([NH+]([O-])c3cnccc3N)cc2c1C. The van der Waals surface area contributed by atoms with E-state index in [4.69, 9.17) is 5.73 Å². The number of nitrogens with zero attached hydrogens (tertiary/aromatic N) is 1. The summed E-state index contributed by atoms with van der Waals surface area (Å²) in [6, 6.07) is 7.28. The molecule has 0 saturated heterocycles. The maximum atomic E-state index is 12.5. The van der Waals surface area contributed by atoms with Gasteiger partial charge >= 0.3 is 0 Å². The van der Waals surface area contributed by atoms with Crippen LogP contribution in [0.15, 0.2) is 36.7 Å². The number of anilines is 1. The van der Waals surface area contributed by atoms with Crippen LogP contribution in [0.4, 0.5) is 17.1 Å². The summed E-state index contributed by atoms with van der Waals surface area (Å²) < 4.78 is 0. The number of hydrogen-bond donors (Lipinski definition) is 3. The van der Waals surface area contributed by atoms with Gasteiger partial charge in [-0.1, -0.05) is 0 Å². The summed E-state index contributed by atoms with van der Waals surface area (Å²) in [5.41, 5.74) is 10.7. The van der Waals surface area contributed by atoms with Gasteiger partial charge in [0, 0.05) is 34.9 Å². The van der Waals surface area contributed by atoms with Crippen molar-refractivity contribution in [2.75, 3.05) is 5.73 Å². The number of aromatic nitrogens is 2. The summed E-state index contributed by atoms with van der Waals surface area (Å²) in [5.74, 6) is 0. The van der Waals surface area contributed by atoms with Gasteiger partial charge in [-0.15, -0.1) is 0 Å². The summed E-state index contributed by atoms with van der Waals surface area (Å²) in [5, 5.41) is 13.5. The number of aryl methyl sites for hydroxylation is 2. The summed E-state index contributed by atoms with van der Waals surface area (Å²) in [6.07, 6.45) is 3.09. The fourth-order valence-electron chi connectivity index (χ4n) is 2.35. The van der Waals surface area contributed by atoms with Crippen molar-refractivity contribution in [3.8, 4) is 0 Å². The number of nitrogens with one attached hydrogen (secondary N) is 2. The average Bonchev–Trinajstić information content (AvgIpc) is 2.74. The van der Waals surface area contributed by atoms with E-state index in [-0.39, 0.29) is 5.06 Å². The average molecular weight is 268 g/mol. The molecule has 0 aliphatic rings. The smallest absolute Gasteiger partial charge is 0.177 e. The molecule has 0 amide bonds. The van der Waals surface area contributed by atoms with Gasteiger partial charge in [0.1, 0.15) is 5.69 Å². The summed E-state index contributed by atoms with van der Waals surface area (Å²) >= 11 is 0. The van der Waals surface area contributed by atoms with Crippen molar-refractivity contribution in [2.24, 2.45) is 0 Å². The summed E-state index contributed by atoms with van der Waals surface area (Å²) in [7, 11) is 0. The third-order valence-electron chi connectivity index (χ3n) is 3.67. The Morgan fingerprint density at radius 3 is 2.80 bits per heavy atom. The number of hydrogen-bond acceptors (Lipinski definition) is 3. The van der Waals surface area contributed by atoms with Gasteiger partial charge in [0.25, 0.3) is 0 Å². The summed E-state index contributed by atoms with van der Waals surface area (Å²) in [4.78, 5) is 7.26. The number of nitrogen functional groups attached to an aromatic ring is 1. The Bertz CT molecular complexity index is 779. The molecule has 0 spiro atoms. The zero-order valence-corrected chi connectivity index (χ0v) is 11.4. The molecule has 3 aromatic rings. The van der Waals surface area contributed by atoms with Crippen molar-refractivity contribution in [1.29, 1.82) is 0 Å². The predicted octanol–water partition coefficient (Wildman–Crippen LogP) is 2.11. The molecule has 0 fully saturated rings. The molecule has 0 aliphatic carbocycles. The van der Waals surface area contributed by atoms with E-state index < -0.39 is 0 Å². The number of quaternary nitrogens is 1. The third-order valence-corrected chi connectivity index (χ3v) is 3.67. The zero-order chi connectivity index (χ0) is 14.3. The molecule has 2 aromatic heterocycles. The lowest BCUT2D eigenvalue weighted by molar-refractivity contribution is -0.697. The van der Waals surface area contributed by atoms with Crippen LogP contribution in [0.25, 0.3) is 10.9 Å². The molecule has 0 aliphatic heterocycles. The molecular formula is C15H16N4O. The molecular weight excluding hydrogens is 252 g/mol. The van der Waals surface area contributed by atoms with Crippen LogP contribution in [0.2, 0.25) is 0 Å². The minimum absolute atomic E-state index is 0.101. The standard InChI is InChI=1S/C15H16N4O/c1-9-10(2)18-14-4-3-11(7-12(9)14)19(20)15-8-17-6-5-13(15)16/h3-8,18-19H,1-2H3,(H2,16,17). The normalized spacial score (nSPS) is 12.8. The zero-order valence-electron chi connectivity index (χ0n) is 11.4. The molecule has 2 heterocycles. The van der Waals surface area contributed by atoms with Crippen LogP contribution in [-0.4, -0.2) is 9.97 Å². The highest BCUT2D eigenvalue weighted by Crippen LogP contribution is 2.24. The first-order chi connectivity index (χ1) is 9.58. The van der Waals surface area contributed by atoms with Crippen molar-refractivity contribution in [3.05, 3.63) is 53.1 Å². The Morgan fingerprint density at radius 1 is 1.25 bits per heavy atom. The van der Waals surface area contributed by atoms with Gasteiger partial charge in [-0.05, 0) is 31.5 Å². The molecule has 1 unspecified atom stereocenters. The topological polar surface area (TPSA) is 82.2 Å². The van der Waals surface area contributed by atoms with E-state index in [2.05, 4.69) is 9.97 Å². The lowest BCUT2D eigenvalue weighted by atomic mass is 10.1. The highest BCUT2D eigenvalue weighted by molar-refractivity contribution is 5.86. The van der Waals surface area contributed by atoms with Gasteiger partial charge in [0.05, 0.1) is 11.9 Å². The molecule has 3 rings (SSSR count). The molecule has 0 bridgehead atoms. The lowest BCUT2D eigenvalue weighted by Crippen LogP contribution is -2.96. The maximum absolute atomic E-state index is 12.5. The van der Waals surface area contributed by atoms with E-state index in [1.807, 2.05) is 32.0 Å². The number of fused-ring (bicyclic) bond motifs is 1. The van der Waals surface area contributed by atoms with Gasteiger partial charge in [0.2, 0.25) is 0 Å². The monoisotopic (exact) mass is 268 g/mol. The second-order valence-electron chi connectivity index (χ2n) is 4.93. The van der Waals surface area contributed by atoms with Crippen molar-refractivity contribution in [1.82, 2.24) is 9.97 Å². The van der Waals surface area contributed by atoms with Crippen LogP contribution >= 0.6 is 0 Å². The molecule has 0 saturated carbocycles. The van der Waals surface area contributed by atoms with E-state index in [1.54, 1.807) is 12.3 Å². The second kappa shape index (κ2) is 4.63. The van der Waals surface area contributed by atoms with Gasteiger partial charge in [-0.25, -0.2) is 0 Å². The number of benzene rings is 1. The number of nitrogens with two attached hydrogens (primary N) is 1. The molecule has 5 heteroatoms. The molecule has 4 N–H and O–H groups in total. The molecule has 102 valence electrons. The van der Waals surface area contributed by atoms with Crippen LogP contribution in [-0.2, 0) is 0 Å². The Kier molecular flexibility index (Phi) is 2.93. The van der Waals surface area contributed by atoms with E-state index in [9.17, 15) is 5.21 Å². The van der Waals surface area contributed by atoms with Crippen molar-refractivity contribution < 1.29 is 5.06 Å². The quantitative estimate of drug-likeness (QED) is 0.622. The Hall–Kier alpha value is -2.37. The highest BCUT2D eigenvalue weighted by Gasteiger charge is 2.13. The first kappa shape index (κ1) is 12.7. The van der Waals surface area contributed by atoms with Gasteiger partial charge in [-0.2, -0.15) is 0 Å². The molecule has 5 nitrogen and oxygen atoms in total. The molecule has 1 aromatic carbocycles. The number of pyridine rings is 1. The Morgan fingerprint density at radius 2 is 2.05 bits per heavy atom. The minimum atomic E-state index is -0.101. The predicted molar refractivity (Wildman–Crippen MR) is 80.1 cm³/mol. The van der Waals surface area contributed by atoms with Crippen LogP contribution in [0.3, 0.4) is 0 Å². The van der Waals surface area contributed by atoms with Crippen molar-refractivity contribution in [2.45, 2.75) is 13.8 Å². The molecule has 20 heavy (non-hydrogen) atoms. The van der Waals surface area contributed by atoms with Crippen molar-refractivity contribution in [3.63, 3.8) is 0 Å². The fourth-order valence-corrected chi connectivity index (χ4v) is 2.35. The third kappa shape index (κ3) is 1.93. The van der Waals surface area contributed by atoms with Gasteiger partial charge < -0.3 is 21.0 Å². The Labute approximate surface area is 116 Å². The second-order valence-corrected chi connectivity index (χ2v) is 4.93. The van der Waals surface area contributed by atoms with Crippen LogP contribution < -0.4 is 10.8 Å². The number of aromatic amines is 1. The first-order valence-corrected chi connectivity index (χ1v) is 6.41. The lowest BCUT2D eigenvalue weighted by Gasteiger charge is -2.22. The number of H-pyrrole nitrogens is 1. The number of rotatable bonds is 2. The fraction of sp³-hybridized carbons (Fsp3) is 0.133. The maximum Gasteiger partial charge on any atom is 0.177 e. The van der Waals surface area contributed by atoms with Gasteiger partial charge in [-0.3, -0.25) is 4.98 Å². The van der Waals surface area contributed by atoms with E-state index in [0.29, 0.717) is 17.1 Å². The van der Waals surface area contributed by atoms with Crippen LogP contribution in [0.1, 0.15) is 11.3 Å². The highest BCUT2D eigenvalue weighted by atomic mass is 16.5. The molecule has 1 atom stereocenters. The van der Waals surface area contributed by atoms with Crippen LogP contribution in [0.5, 0.6) is 0 Å². The van der Waals surface area contributed by atoms with E-state index in [1.165, 1.54) is 6.20 Å². The van der Waals surface area contributed by atoms with E-state index in [0.717, 1.165) is 22.2 Å². The Balaban J connectivity index is 2.10. The van der Waals surface area contributed by atoms with Gasteiger partial charge in [0.15, 0.2) is 5.69 Å². The molecule has 0 radical (unpaired) electrons. The van der Waals surface area contributed by atoms with E-state index >= 15 is 0 Å². The van der Waals surface area contributed by atoms with Crippen molar-refractivity contribution >= 4 is 28.0 Å². The summed E-state index contributed by atoms with van der Waals surface area (Å²) in [6.45, 7) is 4.07.